The molecule has 6 nitrogen and oxygen atoms in total. The van der Waals surface area contributed by atoms with E-state index in [0.29, 0.717) is 6.42 Å². The molecule has 1 atom stereocenters. The second kappa shape index (κ2) is 7.28. The highest BCUT2D eigenvalue weighted by atomic mass is 32.2. The topological polar surface area (TPSA) is 58.4 Å². The lowest BCUT2D eigenvalue weighted by Gasteiger charge is -2.36. The summed E-state index contributed by atoms with van der Waals surface area (Å²) < 4.78 is 25.7. The highest BCUT2D eigenvalue weighted by molar-refractivity contribution is 7.91. The third-order valence-corrected chi connectivity index (χ3v) is 7.53. The molecular weight excluding hydrogens is 360 g/mol. The van der Waals surface area contributed by atoms with Crippen molar-refractivity contribution in [2.45, 2.75) is 32.9 Å². The summed E-state index contributed by atoms with van der Waals surface area (Å²) in [6, 6.07) is 10.6. The maximum absolute atomic E-state index is 11.8. The molecule has 2 aromatic rings. The van der Waals surface area contributed by atoms with Gasteiger partial charge in [-0.05, 0) is 25.8 Å². The summed E-state index contributed by atoms with van der Waals surface area (Å²) in [6.07, 6.45) is 0.675. The van der Waals surface area contributed by atoms with Crippen molar-refractivity contribution in [3.8, 4) is 0 Å². The minimum Gasteiger partial charge on any atom is -0.366 e. The molecule has 0 amide bonds. The Bertz CT molecular complexity index is 900. The van der Waals surface area contributed by atoms with Crippen LogP contribution in [-0.4, -0.2) is 60.8 Å². The van der Waals surface area contributed by atoms with Crippen LogP contribution in [0.5, 0.6) is 0 Å². The summed E-state index contributed by atoms with van der Waals surface area (Å²) >= 11 is 0. The molecule has 3 heterocycles. The Labute approximate surface area is 161 Å². The summed E-state index contributed by atoms with van der Waals surface area (Å²) in [4.78, 5) is 4.91. The Kier molecular flexibility index (Phi) is 4.99. The second-order valence-electron chi connectivity index (χ2n) is 7.77. The van der Waals surface area contributed by atoms with E-state index in [0.717, 1.165) is 44.1 Å². The smallest absolute Gasteiger partial charge is 0.152 e. The van der Waals surface area contributed by atoms with E-state index in [4.69, 9.17) is 5.10 Å². The molecule has 0 bridgehead atoms. The van der Waals surface area contributed by atoms with E-state index >= 15 is 0 Å². The molecule has 1 unspecified atom stereocenters. The molecule has 2 saturated heterocycles. The highest BCUT2D eigenvalue weighted by Gasteiger charge is 2.32. The zero-order chi connectivity index (χ0) is 19.0. The van der Waals surface area contributed by atoms with Crippen molar-refractivity contribution in [3.05, 3.63) is 47.3 Å². The van der Waals surface area contributed by atoms with E-state index in [1.807, 2.05) is 11.6 Å². The fraction of sp³-hybridized carbons (Fsp3) is 0.550. The Hall–Kier alpha value is -1.86. The van der Waals surface area contributed by atoms with Crippen LogP contribution < -0.4 is 4.90 Å². The number of benzene rings is 1. The first-order chi connectivity index (χ1) is 12.9. The van der Waals surface area contributed by atoms with Gasteiger partial charge in [0.25, 0.3) is 0 Å². The van der Waals surface area contributed by atoms with Crippen LogP contribution in [0.2, 0.25) is 0 Å². The number of sulfone groups is 1. The molecule has 2 aliphatic rings. The van der Waals surface area contributed by atoms with Gasteiger partial charge < -0.3 is 4.90 Å². The molecule has 7 heteroatoms. The van der Waals surface area contributed by atoms with Crippen molar-refractivity contribution in [2.24, 2.45) is 0 Å². The van der Waals surface area contributed by atoms with Crippen LogP contribution in [0.15, 0.2) is 30.3 Å². The maximum atomic E-state index is 11.8. The normalized spacial score (nSPS) is 23.0. The van der Waals surface area contributed by atoms with Crippen LogP contribution in [0.4, 0.5) is 5.69 Å². The first-order valence-corrected chi connectivity index (χ1v) is 11.5. The molecule has 4 rings (SSSR count). The zero-order valence-corrected chi connectivity index (χ0v) is 17.0. The molecule has 0 spiro atoms. The van der Waals surface area contributed by atoms with E-state index in [9.17, 15) is 8.42 Å². The van der Waals surface area contributed by atoms with E-state index < -0.39 is 9.84 Å². The molecule has 0 saturated carbocycles. The molecule has 146 valence electrons. The summed E-state index contributed by atoms with van der Waals surface area (Å²) in [6.45, 7) is 9.11. The minimum atomic E-state index is -2.91. The van der Waals surface area contributed by atoms with Crippen LogP contribution in [0.3, 0.4) is 0 Å². The van der Waals surface area contributed by atoms with Gasteiger partial charge in [0.1, 0.15) is 0 Å². The molecule has 2 aliphatic heterocycles. The number of nitrogens with zero attached hydrogens (tertiary/aromatic N) is 4. The van der Waals surface area contributed by atoms with Crippen LogP contribution in [0.25, 0.3) is 0 Å². The molecule has 27 heavy (non-hydrogen) atoms. The number of aryl methyl sites for hydroxylation is 1. The highest BCUT2D eigenvalue weighted by Crippen LogP contribution is 2.31. The monoisotopic (exact) mass is 388 g/mol. The molecule has 1 aromatic carbocycles. The second-order valence-corrected chi connectivity index (χ2v) is 10.00. The van der Waals surface area contributed by atoms with Crippen LogP contribution in [0, 0.1) is 13.8 Å². The van der Waals surface area contributed by atoms with Gasteiger partial charge >= 0.3 is 0 Å². The predicted octanol–water partition coefficient (Wildman–Crippen LogP) is 2.18. The van der Waals surface area contributed by atoms with Crippen molar-refractivity contribution in [3.63, 3.8) is 0 Å². The Morgan fingerprint density at radius 2 is 1.78 bits per heavy atom. The lowest BCUT2D eigenvalue weighted by molar-refractivity contribution is 0.249. The third kappa shape index (κ3) is 3.89. The Balaban J connectivity index is 1.44. The van der Waals surface area contributed by atoms with Gasteiger partial charge in [0.2, 0.25) is 0 Å². The molecule has 0 N–H and O–H groups in total. The summed E-state index contributed by atoms with van der Waals surface area (Å²) in [7, 11) is -2.91. The van der Waals surface area contributed by atoms with E-state index in [-0.39, 0.29) is 17.5 Å². The fourth-order valence-electron chi connectivity index (χ4n) is 4.41. The maximum Gasteiger partial charge on any atom is 0.152 e. The van der Waals surface area contributed by atoms with Gasteiger partial charge in [-0.3, -0.25) is 9.58 Å². The van der Waals surface area contributed by atoms with Gasteiger partial charge in [0.15, 0.2) is 9.84 Å². The van der Waals surface area contributed by atoms with Crippen molar-refractivity contribution >= 4 is 15.5 Å². The molecular formula is C20H28N4O2S. The first-order valence-electron chi connectivity index (χ1n) is 9.70. The zero-order valence-electron chi connectivity index (χ0n) is 16.1. The predicted molar refractivity (Wildman–Crippen MR) is 108 cm³/mol. The van der Waals surface area contributed by atoms with Gasteiger partial charge in [-0.1, -0.05) is 30.3 Å². The summed E-state index contributed by atoms with van der Waals surface area (Å²) in [5.74, 6) is 0.503. The Morgan fingerprint density at radius 3 is 2.41 bits per heavy atom. The quantitative estimate of drug-likeness (QED) is 0.804. The molecule has 2 fully saturated rings. The molecule has 0 aliphatic carbocycles. The van der Waals surface area contributed by atoms with Crippen molar-refractivity contribution in [1.82, 2.24) is 14.7 Å². The average Bonchev–Trinajstić information content (AvgIpc) is 3.15. The van der Waals surface area contributed by atoms with Crippen molar-refractivity contribution in [1.29, 1.82) is 0 Å². The third-order valence-electron chi connectivity index (χ3n) is 5.78. The average molecular weight is 389 g/mol. The number of rotatable bonds is 4. The summed E-state index contributed by atoms with van der Waals surface area (Å²) in [5.41, 5.74) is 4.66. The van der Waals surface area contributed by atoms with Gasteiger partial charge in [-0.2, -0.15) is 5.10 Å². The number of hydrogen-bond acceptors (Lipinski definition) is 5. The summed E-state index contributed by atoms with van der Waals surface area (Å²) in [5, 5.41) is 4.72. The van der Waals surface area contributed by atoms with Gasteiger partial charge in [0, 0.05) is 32.7 Å². The Morgan fingerprint density at radius 1 is 1.07 bits per heavy atom. The standard InChI is InChI=1S/C20H28N4O2S/c1-16-20(17(2)24(21-16)19-8-13-27(25,26)15-19)23-11-9-22(10-12-23)14-18-6-4-3-5-7-18/h3-7,19H,8-15H2,1-2H3. The molecule has 1 aromatic heterocycles. The number of hydrogen-bond donors (Lipinski definition) is 0. The van der Waals surface area contributed by atoms with Crippen molar-refractivity contribution in [2.75, 3.05) is 42.6 Å². The van der Waals surface area contributed by atoms with E-state index in [1.54, 1.807) is 0 Å². The van der Waals surface area contributed by atoms with Crippen LogP contribution in [-0.2, 0) is 16.4 Å². The SMILES string of the molecule is Cc1nn(C2CCS(=O)(=O)C2)c(C)c1N1CCN(Cc2ccccc2)CC1. The van der Waals surface area contributed by atoms with Crippen molar-refractivity contribution < 1.29 is 8.42 Å². The largest absolute Gasteiger partial charge is 0.366 e. The lowest BCUT2D eigenvalue weighted by atomic mass is 10.2. The lowest BCUT2D eigenvalue weighted by Crippen LogP contribution is -2.46. The van der Waals surface area contributed by atoms with Gasteiger partial charge in [-0.25, -0.2) is 8.42 Å². The van der Waals surface area contributed by atoms with Gasteiger partial charge in [-0.15, -0.1) is 0 Å². The van der Waals surface area contributed by atoms with Crippen LogP contribution >= 0.6 is 0 Å². The van der Waals surface area contributed by atoms with Crippen LogP contribution in [0.1, 0.15) is 29.4 Å². The molecule has 0 radical (unpaired) electrons. The fourth-order valence-corrected chi connectivity index (χ4v) is 6.10. The number of aromatic nitrogens is 2. The van der Waals surface area contributed by atoms with E-state index in [2.05, 4.69) is 47.1 Å². The number of piperazine rings is 1. The first kappa shape index (κ1) is 18.5. The van der Waals surface area contributed by atoms with E-state index in [1.165, 1.54) is 11.3 Å². The minimum absolute atomic E-state index is 0.0122. The van der Waals surface area contributed by atoms with Gasteiger partial charge in [0.05, 0.1) is 34.6 Å². The number of anilines is 1.